The van der Waals surface area contributed by atoms with Crippen molar-refractivity contribution in [3.05, 3.63) is 164 Å². The summed E-state index contributed by atoms with van der Waals surface area (Å²) in [4.78, 5) is 16.2. The number of rotatable bonds is 5. The van der Waals surface area contributed by atoms with Crippen molar-refractivity contribution in [2.75, 3.05) is 0 Å². The summed E-state index contributed by atoms with van der Waals surface area (Å²) in [6.07, 6.45) is 0. The van der Waals surface area contributed by atoms with Crippen LogP contribution >= 0.6 is 0 Å². The zero-order chi connectivity index (χ0) is 36.6. The van der Waals surface area contributed by atoms with Gasteiger partial charge in [-0.25, -0.2) is 0 Å². The molecule has 2 aliphatic rings. The first kappa shape index (κ1) is 32.6. The summed E-state index contributed by atoms with van der Waals surface area (Å²) in [5.41, 5.74) is 13.4. The van der Waals surface area contributed by atoms with Gasteiger partial charge >= 0.3 is 320 Å². The molecule has 1 aromatic heterocycles. The summed E-state index contributed by atoms with van der Waals surface area (Å²) >= 11 is 0. The van der Waals surface area contributed by atoms with Gasteiger partial charge in [0.25, 0.3) is 0 Å². The van der Waals surface area contributed by atoms with Crippen LogP contribution in [0.5, 0.6) is 0 Å². The molecule has 0 saturated heterocycles. The normalized spacial score (nSPS) is 15.4. The van der Waals surface area contributed by atoms with E-state index in [0.29, 0.717) is 17.5 Å². The van der Waals surface area contributed by atoms with Crippen molar-refractivity contribution in [1.29, 1.82) is 0 Å². The molecule has 0 N–H and O–H groups in total. The first-order valence-corrected chi connectivity index (χ1v) is 26.2. The van der Waals surface area contributed by atoms with Crippen molar-refractivity contribution < 1.29 is 0 Å². The second kappa shape index (κ2) is 12.3. The van der Waals surface area contributed by atoms with Gasteiger partial charge < -0.3 is 0 Å². The first-order valence-electron chi connectivity index (χ1n) is 19.3. The maximum absolute atomic E-state index is 5.52. The van der Waals surface area contributed by atoms with Crippen molar-refractivity contribution in [3.63, 3.8) is 0 Å². The molecule has 262 valence electrons. The molecule has 8 aromatic rings. The Morgan fingerprint density at radius 2 is 0.722 bits per heavy atom. The molecule has 0 aliphatic carbocycles. The molecule has 3 heterocycles. The molecule has 3 nitrogen and oxygen atoms in total. The Hall–Kier alpha value is -6.02. The van der Waals surface area contributed by atoms with Gasteiger partial charge in [-0.1, -0.05) is 0 Å². The van der Waals surface area contributed by atoms with Crippen LogP contribution in [0.15, 0.2) is 164 Å². The van der Waals surface area contributed by atoms with Gasteiger partial charge in [0.1, 0.15) is 0 Å². The Balaban J connectivity index is 1.27. The van der Waals surface area contributed by atoms with E-state index in [-0.39, 0.29) is 0 Å². The Morgan fingerprint density at radius 1 is 0.296 bits per heavy atom. The van der Waals surface area contributed by atoms with Crippen molar-refractivity contribution in [3.8, 4) is 78.7 Å². The average molecular weight is 728 g/mol. The van der Waals surface area contributed by atoms with Gasteiger partial charge in [-0.3, -0.25) is 0 Å². The van der Waals surface area contributed by atoms with Gasteiger partial charge in [-0.05, 0) is 0 Å². The molecule has 7 aromatic carbocycles. The minimum absolute atomic E-state index is 0.688. The van der Waals surface area contributed by atoms with E-state index in [9.17, 15) is 0 Å². The first-order chi connectivity index (χ1) is 26.3. The van der Waals surface area contributed by atoms with Crippen LogP contribution in [0.3, 0.4) is 0 Å². The number of nitrogens with zero attached hydrogens (tertiary/aromatic N) is 3. The van der Waals surface area contributed by atoms with Crippen LogP contribution in [0.2, 0.25) is 26.2 Å². The molecule has 0 bridgehead atoms. The molecule has 0 unspecified atom stereocenters. The molecule has 0 fully saturated rings. The molecule has 0 spiro atoms. The van der Waals surface area contributed by atoms with Crippen LogP contribution in [-0.2, 0) is 0 Å². The molecule has 0 atom stereocenters. The third-order valence-electron chi connectivity index (χ3n) is 12.3. The van der Waals surface area contributed by atoms with E-state index in [4.69, 9.17) is 15.0 Å². The van der Waals surface area contributed by atoms with E-state index in [2.05, 4.69) is 184 Å². The number of hydrogen-bond donors (Lipinski definition) is 0. The summed E-state index contributed by atoms with van der Waals surface area (Å²) < 4.78 is 0. The third kappa shape index (κ3) is 4.89. The molecule has 0 saturated carbocycles. The Bertz CT molecular complexity index is 2760. The second-order valence-corrected chi connectivity index (χ2v) is 26.2. The fourth-order valence-corrected chi connectivity index (χ4v) is 17.2. The Labute approximate surface area is 319 Å². The Kier molecular flexibility index (Phi) is 7.41. The van der Waals surface area contributed by atoms with Gasteiger partial charge in [0, 0.05) is 0 Å². The SMILES string of the molecule is C[SiH-]1(C)c2cccc(-c3ccccc3)c2-c2c(-c3nc(-c4ccccc4)nc(-c4ccc(-c5ccccc5)c5c4-c4ccccc4[SiH-]5(C)C)n3)cccc21. The fourth-order valence-electron chi connectivity index (χ4n) is 9.67. The van der Waals surface area contributed by atoms with Crippen LogP contribution in [0.25, 0.3) is 78.7 Å². The summed E-state index contributed by atoms with van der Waals surface area (Å²) in [5.74, 6) is 2.12. The maximum atomic E-state index is 5.52. The van der Waals surface area contributed by atoms with E-state index in [1.807, 2.05) is 6.07 Å². The van der Waals surface area contributed by atoms with E-state index in [1.165, 1.54) is 65.3 Å². The van der Waals surface area contributed by atoms with Crippen LogP contribution < -0.4 is 20.7 Å². The molecule has 0 amide bonds. The summed E-state index contributed by atoms with van der Waals surface area (Å²) in [6, 6.07) is 59.4. The number of fused-ring (bicyclic) bond motifs is 6. The fraction of sp³-hybridized carbons (Fsp3) is 0.0816. The van der Waals surface area contributed by atoms with Crippen LogP contribution in [-0.4, -0.2) is 31.1 Å². The van der Waals surface area contributed by atoms with Gasteiger partial charge in [0.2, 0.25) is 0 Å². The van der Waals surface area contributed by atoms with Gasteiger partial charge in [0.15, 0.2) is 0 Å². The summed E-state index contributed by atoms with van der Waals surface area (Å²) in [5, 5.41) is 5.91. The van der Waals surface area contributed by atoms with Gasteiger partial charge in [-0.2, -0.15) is 0 Å². The number of hydrogen-bond acceptors (Lipinski definition) is 3. The number of aromatic nitrogens is 3. The molecule has 10 rings (SSSR count). The quantitative estimate of drug-likeness (QED) is 0.166. The molecule has 0 radical (unpaired) electrons. The van der Waals surface area contributed by atoms with Crippen LogP contribution in [0.4, 0.5) is 0 Å². The van der Waals surface area contributed by atoms with Crippen molar-refractivity contribution in [2.24, 2.45) is 0 Å². The van der Waals surface area contributed by atoms with Crippen LogP contribution in [0, 0.1) is 0 Å². The predicted molar refractivity (Wildman–Crippen MR) is 234 cm³/mol. The Morgan fingerprint density at radius 3 is 1.35 bits per heavy atom. The number of benzene rings is 7. The summed E-state index contributed by atoms with van der Waals surface area (Å²) in [6.45, 7) is 10.0. The van der Waals surface area contributed by atoms with E-state index in [1.54, 1.807) is 0 Å². The molecule has 54 heavy (non-hydrogen) atoms. The van der Waals surface area contributed by atoms with E-state index < -0.39 is 16.1 Å². The zero-order valence-electron chi connectivity index (χ0n) is 31.1. The third-order valence-corrected chi connectivity index (χ3v) is 20.5. The van der Waals surface area contributed by atoms with E-state index in [0.717, 1.165) is 16.7 Å². The zero-order valence-corrected chi connectivity index (χ0v) is 33.4. The average Bonchev–Trinajstić information content (AvgIpc) is 3.61. The second-order valence-electron chi connectivity index (χ2n) is 16.2. The standard InChI is InChI=1S/C49H41N3Si2/c1-53(2)41-28-16-25-35(32-18-8-5-9-19-32)44(41)45-38(26-17-29-42(45)53)48-50-47(34-22-12-7-13-23-34)51-49(52-48)39-31-30-36(33-20-10-6-11-21-33)46-43(39)37-24-14-15-27-40(37)54(46,3)4/h5-31,53-54H,1-4H3/q-2. The van der Waals surface area contributed by atoms with Gasteiger partial charge in [-0.15, -0.1) is 0 Å². The van der Waals surface area contributed by atoms with Crippen molar-refractivity contribution in [2.45, 2.75) is 26.2 Å². The van der Waals surface area contributed by atoms with Crippen molar-refractivity contribution in [1.82, 2.24) is 15.0 Å². The molecule has 5 heteroatoms. The molecular formula is C49H41N3Si2-2. The summed E-state index contributed by atoms with van der Waals surface area (Å²) in [7, 11) is -4.89. The minimum atomic E-state index is -2.48. The van der Waals surface area contributed by atoms with Crippen LogP contribution in [0.1, 0.15) is 0 Å². The molecular weight excluding hydrogens is 687 g/mol. The van der Waals surface area contributed by atoms with E-state index >= 15 is 0 Å². The predicted octanol–water partition coefficient (Wildman–Crippen LogP) is 9.28. The monoisotopic (exact) mass is 727 g/mol. The van der Waals surface area contributed by atoms with Gasteiger partial charge in [0.05, 0.1) is 0 Å². The topological polar surface area (TPSA) is 38.7 Å². The van der Waals surface area contributed by atoms with Crippen molar-refractivity contribution >= 4 is 36.9 Å². The molecule has 2 aliphatic heterocycles.